The Balaban J connectivity index is 1.71. The standard InChI is InChI=1S/C32H39N3O5S/c1-23-13-17-26(18-14-23)21-34(25(3)32(37)33-27-9-5-6-10-27)31(36)22-35(29-11-7-8-12-30(29)40-4)41(38,39)28-19-15-24(2)16-20-28/h7-8,11-20,25,27H,5-6,9-10,21-22H2,1-4H3,(H,33,37). The van der Waals surface area contributed by atoms with Crippen LogP contribution < -0.4 is 14.4 Å². The summed E-state index contributed by atoms with van der Waals surface area (Å²) in [5.41, 5.74) is 3.07. The average molecular weight is 578 g/mol. The second-order valence-corrected chi connectivity index (χ2v) is 12.5. The molecule has 4 rings (SSSR count). The van der Waals surface area contributed by atoms with Crippen LogP contribution in [-0.4, -0.2) is 50.9 Å². The maximum absolute atomic E-state index is 14.1. The first-order valence-electron chi connectivity index (χ1n) is 14.0. The van der Waals surface area contributed by atoms with Crippen molar-refractivity contribution in [2.75, 3.05) is 18.0 Å². The molecule has 218 valence electrons. The fraction of sp³-hybridized carbons (Fsp3) is 0.375. The van der Waals surface area contributed by atoms with E-state index >= 15 is 0 Å². The molecule has 0 bridgehead atoms. The van der Waals surface area contributed by atoms with Gasteiger partial charge in [0.15, 0.2) is 0 Å². The molecule has 1 N–H and O–H groups in total. The SMILES string of the molecule is COc1ccccc1N(CC(=O)N(Cc1ccc(C)cc1)C(C)C(=O)NC1CCCC1)S(=O)(=O)c1ccc(C)cc1. The van der Waals surface area contributed by atoms with Crippen molar-refractivity contribution in [3.05, 3.63) is 89.5 Å². The number of sulfonamides is 1. The molecule has 8 nitrogen and oxygen atoms in total. The highest BCUT2D eigenvalue weighted by molar-refractivity contribution is 7.92. The number of rotatable bonds is 11. The molecule has 3 aromatic rings. The van der Waals surface area contributed by atoms with Gasteiger partial charge in [-0.05, 0) is 63.4 Å². The van der Waals surface area contributed by atoms with Crippen molar-refractivity contribution in [2.24, 2.45) is 0 Å². The lowest BCUT2D eigenvalue weighted by molar-refractivity contribution is -0.139. The van der Waals surface area contributed by atoms with E-state index in [1.54, 1.807) is 43.3 Å². The minimum atomic E-state index is -4.17. The van der Waals surface area contributed by atoms with Crippen LogP contribution in [-0.2, 0) is 26.2 Å². The molecule has 3 aromatic carbocycles. The molecule has 1 atom stereocenters. The maximum atomic E-state index is 14.1. The van der Waals surface area contributed by atoms with Gasteiger partial charge < -0.3 is 15.0 Å². The smallest absolute Gasteiger partial charge is 0.264 e. The number of methoxy groups -OCH3 is 1. The Morgan fingerprint density at radius 3 is 2.12 bits per heavy atom. The van der Waals surface area contributed by atoms with Crippen molar-refractivity contribution in [2.45, 2.75) is 70.0 Å². The van der Waals surface area contributed by atoms with Gasteiger partial charge >= 0.3 is 0 Å². The predicted molar refractivity (Wildman–Crippen MR) is 160 cm³/mol. The third-order valence-electron chi connectivity index (χ3n) is 7.58. The fourth-order valence-corrected chi connectivity index (χ4v) is 6.48. The van der Waals surface area contributed by atoms with Gasteiger partial charge in [-0.25, -0.2) is 8.42 Å². The molecule has 2 amide bonds. The highest BCUT2D eigenvalue weighted by Crippen LogP contribution is 2.32. The van der Waals surface area contributed by atoms with Gasteiger partial charge in [-0.1, -0.05) is 72.5 Å². The fourth-order valence-electron chi connectivity index (χ4n) is 5.05. The van der Waals surface area contributed by atoms with Gasteiger partial charge in [0.1, 0.15) is 18.3 Å². The van der Waals surface area contributed by atoms with Crippen molar-refractivity contribution in [3.63, 3.8) is 0 Å². The van der Waals surface area contributed by atoms with Crippen LogP contribution in [0.3, 0.4) is 0 Å². The summed E-state index contributed by atoms with van der Waals surface area (Å²) in [6.45, 7) is 5.19. The molecule has 1 fully saturated rings. The van der Waals surface area contributed by atoms with E-state index in [2.05, 4.69) is 5.32 Å². The second-order valence-electron chi connectivity index (χ2n) is 10.7. The summed E-state index contributed by atoms with van der Waals surface area (Å²) in [6.07, 6.45) is 3.97. The lowest BCUT2D eigenvalue weighted by Gasteiger charge is -2.33. The van der Waals surface area contributed by atoms with E-state index in [-0.39, 0.29) is 29.1 Å². The number of aryl methyl sites for hydroxylation is 2. The van der Waals surface area contributed by atoms with Crippen LogP contribution in [0.5, 0.6) is 5.75 Å². The minimum Gasteiger partial charge on any atom is -0.495 e. The van der Waals surface area contributed by atoms with Crippen LogP contribution in [0.2, 0.25) is 0 Å². The molecule has 1 aliphatic rings. The number of hydrogen-bond donors (Lipinski definition) is 1. The first-order valence-corrected chi connectivity index (χ1v) is 15.4. The highest BCUT2D eigenvalue weighted by Gasteiger charge is 2.34. The third-order valence-corrected chi connectivity index (χ3v) is 9.36. The topological polar surface area (TPSA) is 96.0 Å². The summed E-state index contributed by atoms with van der Waals surface area (Å²) in [5, 5.41) is 3.09. The van der Waals surface area contributed by atoms with Crippen LogP contribution >= 0.6 is 0 Å². The zero-order valence-electron chi connectivity index (χ0n) is 24.2. The van der Waals surface area contributed by atoms with Gasteiger partial charge in [-0.3, -0.25) is 13.9 Å². The van der Waals surface area contributed by atoms with E-state index in [1.165, 1.54) is 24.1 Å². The van der Waals surface area contributed by atoms with Crippen molar-refractivity contribution < 1.29 is 22.7 Å². The Morgan fingerprint density at radius 2 is 1.51 bits per heavy atom. The van der Waals surface area contributed by atoms with Crippen molar-refractivity contribution in [3.8, 4) is 5.75 Å². The Morgan fingerprint density at radius 1 is 0.927 bits per heavy atom. The number of carbonyl (C=O) groups excluding carboxylic acids is 2. The molecule has 0 saturated heterocycles. The zero-order chi connectivity index (χ0) is 29.6. The number of anilines is 1. The Labute approximate surface area is 243 Å². The van der Waals surface area contributed by atoms with Gasteiger partial charge in [-0.2, -0.15) is 0 Å². The van der Waals surface area contributed by atoms with Gasteiger partial charge in [-0.15, -0.1) is 0 Å². The molecule has 0 spiro atoms. The second kappa shape index (κ2) is 13.2. The molecule has 0 heterocycles. The third kappa shape index (κ3) is 7.27. The van der Waals surface area contributed by atoms with E-state index in [9.17, 15) is 18.0 Å². The van der Waals surface area contributed by atoms with Gasteiger partial charge in [0.25, 0.3) is 10.0 Å². The van der Waals surface area contributed by atoms with Gasteiger partial charge in [0, 0.05) is 12.6 Å². The highest BCUT2D eigenvalue weighted by atomic mass is 32.2. The molecular formula is C32H39N3O5S. The number of ether oxygens (including phenoxy) is 1. The molecule has 1 aliphatic carbocycles. The molecule has 1 unspecified atom stereocenters. The maximum Gasteiger partial charge on any atom is 0.264 e. The number of amides is 2. The lowest BCUT2D eigenvalue weighted by atomic mass is 10.1. The molecule has 0 aromatic heterocycles. The summed E-state index contributed by atoms with van der Waals surface area (Å²) in [7, 11) is -2.72. The van der Waals surface area contributed by atoms with E-state index in [4.69, 9.17) is 4.74 Å². The number of benzene rings is 3. The normalized spacial score (nSPS) is 14.3. The number of nitrogens with zero attached hydrogens (tertiary/aromatic N) is 2. The molecule has 9 heteroatoms. The Bertz CT molecular complexity index is 1450. The molecular weight excluding hydrogens is 538 g/mol. The quantitative estimate of drug-likeness (QED) is 0.347. The number of nitrogens with one attached hydrogen (secondary N) is 1. The molecule has 0 aliphatic heterocycles. The van der Waals surface area contributed by atoms with E-state index in [0.29, 0.717) is 5.75 Å². The summed E-state index contributed by atoms with van der Waals surface area (Å²) < 4.78 is 34.6. The van der Waals surface area contributed by atoms with Crippen LogP contribution in [0.4, 0.5) is 5.69 Å². The van der Waals surface area contributed by atoms with Gasteiger partial charge in [0.05, 0.1) is 17.7 Å². The van der Waals surface area contributed by atoms with Crippen LogP contribution in [0.25, 0.3) is 0 Å². The monoisotopic (exact) mass is 577 g/mol. The van der Waals surface area contributed by atoms with Crippen molar-refractivity contribution >= 4 is 27.5 Å². The number of para-hydroxylation sites is 2. The lowest BCUT2D eigenvalue weighted by Crippen LogP contribution is -2.52. The van der Waals surface area contributed by atoms with Gasteiger partial charge in [0.2, 0.25) is 11.8 Å². The molecule has 41 heavy (non-hydrogen) atoms. The minimum absolute atomic E-state index is 0.0546. The summed E-state index contributed by atoms with van der Waals surface area (Å²) in [5.74, 6) is -0.433. The first kappa shape index (κ1) is 30.1. The van der Waals surface area contributed by atoms with Crippen LogP contribution in [0.15, 0.2) is 77.7 Å². The van der Waals surface area contributed by atoms with Crippen LogP contribution in [0.1, 0.15) is 49.3 Å². The van der Waals surface area contributed by atoms with Crippen LogP contribution in [0, 0.1) is 13.8 Å². The van der Waals surface area contributed by atoms with E-state index < -0.39 is 28.5 Å². The summed E-state index contributed by atoms with van der Waals surface area (Å²) in [6, 6.07) is 20.2. The van der Waals surface area contributed by atoms with E-state index in [1.807, 2.05) is 38.1 Å². The number of carbonyl (C=O) groups is 2. The van der Waals surface area contributed by atoms with Crippen molar-refractivity contribution in [1.82, 2.24) is 10.2 Å². The summed E-state index contributed by atoms with van der Waals surface area (Å²) >= 11 is 0. The van der Waals surface area contributed by atoms with E-state index in [0.717, 1.165) is 46.7 Å². The molecule has 0 radical (unpaired) electrons. The average Bonchev–Trinajstić information content (AvgIpc) is 3.48. The Kier molecular flexibility index (Phi) is 9.70. The van der Waals surface area contributed by atoms with Crippen molar-refractivity contribution in [1.29, 1.82) is 0 Å². The zero-order valence-corrected chi connectivity index (χ0v) is 25.0. The Hall–Kier alpha value is -3.85. The first-order chi connectivity index (χ1) is 19.6. The summed E-state index contributed by atoms with van der Waals surface area (Å²) in [4.78, 5) is 29.0. The number of hydrogen-bond acceptors (Lipinski definition) is 5. The molecule has 1 saturated carbocycles. The largest absolute Gasteiger partial charge is 0.495 e. The predicted octanol–water partition coefficient (Wildman–Crippen LogP) is 4.98.